The van der Waals surface area contributed by atoms with Crippen LogP contribution in [0.4, 0.5) is 5.69 Å². The van der Waals surface area contributed by atoms with Gasteiger partial charge in [-0.1, -0.05) is 13.8 Å². The summed E-state index contributed by atoms with van der Waals surface area (Å²) < 4.78 is 0. The molecule has 1 aromatic carbocycles. The molecular formula is C16H21N3O. The third-order valence-corrected chi connectivity index (χ3v) is 3.43. The van der Waals surface area contributed by atoms with Gasteiger partial charge in [-0.15, -0.1) is 0 Å². The van der Waals surface area contributed by atoms with Crippen molar-refractivity contribution in [3.8, 4) is 6.07 Å². The normalized spacial score (nSPS) is 12.7. The number of hydrogen-bond acceptors (Lipinski definition) is 3. The predicted octanol–water partition coefficient (Wildman–Crippen LogP) is 2.67. The maximum atomic E-state index is 12.6. The van der Waals surface area contributed by atoms with E-state index in [1.165, 1.54) is 5.56 Å². The fourth-order valence-electron chi connectivity index (χ4n) is 2.52. The lowest BCUT2D eigenvalue weighted by atomic mass is 10.1. The summed E-state index contributed by atoms with van der Waals surface area (Å²) in [6, 6.07) is 7.95. The smallest absolute Gasteiger partial charge is 0.253 e. The van der Waals surface area contributed by atoms with E-state index in [4.69, 9.17) is 5.26 Å². The monoisotopic (exact) mass is 271 g/mol. The highest BCUT2D eigenvalue weighted by Crippen LogP contribution is 2.23. The van der Waals surface area contributed by atoms with Crippen LogP contribution >= 0.6 is 0 Å². The number of amides is 1. The Morgan fingerprint density at radius 2 is 2.30 bits per heavy atom. The van der Waals surface area contributed by atoms with Crippen LogP contribution in [-0.2, 0) is 6.42 Å². The molecule has 0 radical (unpaired) electrons. The van der Waals surface area contributed by atoms with Crippen LogP contribution < -0.4 is 5.32 Å². The molecule has 0 saturated carbocycles. The molecule has 1 N–H and O–H groups in total. The van der Waals surface area contributed by atoms with E-state index in [-0.39, 0.29) is 5.91 Å². The number of hydrogen-bond donors (Lipinski definition) is 1. The molecular weight excluding hydrogens is 250 g/mol. The number of carbonyl (C=O) groups excluding carboxylic acids is 1. The standard InChI is InChI=1S/C16H21N3O/c1-12(2)11-19(9-3-7-17)16(20)14-4-5-15-13(10-14)6-8-18-15/h4-5,10,12,18H,3,6,8-9,11H2,1-2H3. The van der Waals surface area contributed by atoms with Crippen LogP contribution in [0.3, 0.4) is 0 Å². The number of benzene rings is 1. The second-order valence-corrected chi connectivity index (χ2v) is 5.60. The summed E-state index contributed by atoms with van der Waals surface area (Å²) in [5.41, 5.74) is 3.07. The fraction of sp³-hybridized carbons (Fsp3) is 0.500. The summed E-state index contributed by atoms with van der Waals surface area (Å²) in [7, 11) is 0. The van der Waals surface area contributed by atoms with E-state index >= 15 is 0 Å². The van der Waals surface area contributed by atoms with Crippen LogP contribution in [0.2, 0.25) is 0 Å². The Hall–Kier alpha value is -2.02. The van der Waals surface area contributed by atoms with Gasteiger partial charge in [0.05, 0.1) is 12.5 Å². The highest BCUT2D eigenvalue weighted by molar-refractivity contribution is 5.95. The van der Waals surface area contributed by atoms with Crippen LogP contribution in [-0.4, -0.2) is 30.4 Å². The number of carbonyl (C=O) groups is 1. The molecule has 2 rings (SSSR count). The lowest BCUT2D eigenvalue weighted by molar-refractivity contribution is 0.0740. The first-order chi connectivity index (χ1) is 9.61. The van der Waals surface area contributed by atoms with Crippen LogP contribution in [0.15, 0.2) is 18.2 Å². The second kappa shape index (κ2) is 6.42. The second-order valence-electron chi connectivity index (χ2n) is 5.60. The van der Waals surface area contributed by atoms with E-state index in [1.54, 1.807) is 4.90 Å². The summed E-state index contributed by atoms with van der Waals surface area (Å²) in [6.45, 7) is 6.30. The van der Waals surface area contributed by atoms with E-state index in [0.29, 0.717) is 25.4 Å². The van der Waals surface area contributed by atoms with Gasteiger partial charge in [0.15, 0.2) is 0 Å². The molecule has 0 unspecified atom stereocenters. The first-order valence-corrected chi connectivity index (χ1v) is 7.15. The van der Waals surface area contributed by atoms with Crippen LogP contribution in [0.25, 0.3) is 0 Å². The average molecular weight is 271 g/mol. The van der Waals surface area contributed by atoms with Crippen molar-refractivity contribution in [2.24, 2.45) is 5.92 Å². The molecule has 1 amide bonds. The van der Waals surface area contributed by atoms with Gasteiger partial charge in [0.1, 0.15) is 0 Å². The summed E-state index contributed by atoms with van der Waals surface area (Å²) in [5.74, 6) is 0.428. The van der Waals surface area contributed by atoms with Crippen molar-refractivity contribution in [2.45, 2.75) is 26.7 Å². The van der Waals surface area contributed by atoms with Crippen molar-refractivity contribution in [3.05, 3.63) is 29.3 Å². The Morgan fingerprint density at radius 3 is 3.00 bits per heavy atom. The molecule has 1 heterocycles. The molecule has 0 aromatic heterocycles. The lowest BCUT2D eigenvalue weighted by Gasteiger charge is -2.24. The van der Waals surface area contributed by atoms with Crippen LogP contribution in [0, 0.1) is 17.2 Å². The molecule has 0 atom stereocenters. The highest BCUT2D eigenvalue weighted by atomic mass is 16.2. The Bertz CT molecular complexity index is 531. The summed E-state index contributed by atoms with van der Waals surface area (Å²) in [4.78, 5) is 14.4. The van der Waals surface area contributed by atoms with Crippen LogP contribution in [0.5, 0.6) is 0 Å². The number of nitrogens with one attached hydrogen (secondary N) is 1. The summed E-state index contributed by atoms with van der Waals surface area (Å²) in [6.07, 6.45) is 1.35. The van der Waals surface area contributed by atoms with E-state index in [2.05, 4.69) is 25.2 Å². The van der Waals surface area contributed by atoms with Gasteiger partial charge in [0, 0.05) is 30.9 Å². The average Bonchev–Trinajstić information content (AvgIpc) is 2.89. The minimum Gasteiger partial charge on any atom is -0.384 e. The van der Waals surface area contributed by atoms with Crippen LogP contribution in [0.1, 0.15) is 36.2 Å². The zero-order valence-corrected chi connectivity index (χ0v) is 12.1. The quantitative estimate of drug-likeness (QED) is 0.895. The predicted molar refractivity (Wildman–Crippen MR) is 79.6 cm³/mol. The first-order valence-electron chi connectivity index (χ1n) is 7.15. The van der Waals surface area contributed by atoms with Gasteiger partial charge in [-0.25, -0.2) is 0 Å². The fourth-order valence-corrected chi connectivity index (χ4v) is 2.52. The van der Waals surface area contributed by atoms with Gasteiger partial charge in [0.2, 0.25) is 0 Å². The first kappa shape index (κ1) is 14.4. The number of anilines is 1. The molecule has 0 spiro atoms. The molecule has 0 saturated heterocycles. The van der Waals surface area contributed by atoms with Crippen molar-refractivity contribution < 1.29 is 4.79 Å². The third kappa shape index (κ3) is 3.30. The molecule has 1 aliphatic rings. The Balaban J connectivity index is 2.16. The molecule has 0 fully saturated rings. The molecule has 1 aliphatic heterocycles. The summed E-state index contributed by atoms with van der Waals surface area (Å²) in [5, 5.41) is 12.0. The van der Waals surface area contributed by atoms with Gasteiger partial charge in [0.25, 0.3) is 5.91 Å². The van der Waals surface area contributed by atoms with Crippen molar-refractivity contribution in [1.29, 1.82) is 5.26 Å². The third-order valence-electron chi connectivity index (χ3n) is 3.43. The summed E-state index contributed by atoms with van der Waals surface area (Å²) >= 11 is 0. The minimum absolute atomic E-state index is 0.0312. The minimum atomic E-state index is 0.0312. The van der Waals surface area contributed by atoms with Crippen molar-refractivity contribution in [1.82, 2.24) is 4.90 Å². The van der Waals surface area contributed by atoms with Gasteiger partial charge >= 0.3 is 0 Å². The van der Waals surface area contributed by atoms with E-state index in [1.807, 2.05) is 18.2 Å². The SMILES string of the molecule is CC(C)CN(CCC#N)C(=O)c1ccc2c(c1)CCN2. The van der Waals surface area contributed by atoms with E-state index < -0.39 is 0 Å². The molecule has 106 valence electrons. The van der Waals surface area contributed by atoms with Crippen molar-refractivity contribution in [2.75, 3.05) is 25.0 Å². The molecule has 0 bridgehead atoms. The van der Waals surface area contributed by atoms with Gasteiger partial charge < -0.3 is 10.2 Å². The molecule has 4 nitrogen and oxygen atoms in total. The Labute approximate surface area is 120 Å². The van der Waals surface area contributed by atoms with E-state index in [9.17, 15) is 4.79 Å². The number of nitrogens with zero attached hydrogens (tertiary/aromatic N) is 2. The lowest BCUT2D eigenvalue weighted by Crippen LogP contribution is -2.35. The number of fused-ring (bicyclic) bond motifs is 1. The van der Waals surface area contributed by atoms with Gasteiger partial charge in [-0.3, -0.25) is 4.79 Å². The maximum absolute atomic E-state index is 12.6. The highest BCUT2D eigenvalue weighted by Gasteiger charge is 2.19. The zero-order chi connectivity index (χ0) is 14.5. The Morgan fingerprint density at radius 1 is 1.50 bits per heavy atom. The molecule has 0 aliphatic carbocycles. The van der Waals surface area contributed by atoms with Gasteiger partial charge in [-0.05, 0) is 36.1 Å². The van der Waals surface area contributed by atoms with Crippen molar-refractivity contribution >= 4 is 11.6 Å². The number of nitriles is 1. The molecule has 4 heteroatoms. The topological polar surface area (TPSA) is 56.1 Å². The Kier molecular flexibility index (Phi) is 4.62. The van der Waals surface area contributed by atoms with E-state index in [0.717, 1.165) is 24.2 Å². The van der Waals surface area contributed by atoms with Crippen molar-refractivity contribution in [3.63, 3.8) is 0 Å². The number of rotatable bonds is 5. The van der Waals surface area contributed by atoms with Gasteiger partial charge in [-0.2, -0.15) is 5.26 Å². The maximum Gasteiger partial charge on any atom is 0.253 e. The zero-order valence-electron chi connectivity index (χ0n) is 12.1. The molecule has 20 heavy (non-hydrogen) atoms. The molecule has 1 aromatic rings. The largest absolute Gasteiger partial charge is 0.384 e.